The minimum atomic E-state index is 1.23. The third kappa shape index (κ3) is 4.75. The molecule has 14 aromatic rings. The van der Waals surface area contributed by atoms with Crippen molar-refractivity contribution in [1.29, 1.82) is 0 Å². The van der Waals surface area contributed by atoms with Gasteiger partial charge in [-0.2, -0.15) is 0 Å². The maximum atomic E-state index is 2.46. The summed E-state index contributed by atoms with van der Waals surface area (Å²) in [6.45, 7) is 0. The molecule has 1 heterocycles. The molecule has 0 saturated carbocycles. The third-order valence-corrected chi connectivity index (χ3v) is 14.7. The van der Waals surface area contributed by atoms with Gasteiger partial charge in [0.25, 0.3) is 0 Å². The number of hydrogen-bond acceptors (Lipinski definition) is 1. The quantitative estimate of drug-likeness (QED) is 0.124. The predicted molar refractivity (Wildman–Crippen MR) is 267 cm³/mol. The molecule has 1 heteroatoms. The fourth-order valence-electron chi connectivity index (χ4n) is 10.8. The summed E-state index contributed by atoms with van der Waals surface area (Å²) in [5, 5.41) is 23.5. The summed E-state index contributed by atoms with van der Waals surface area (Å²) in [4.78, 5) is 0. The molecule has 0 unspecified atom stereocenters. The Labute approximate surface area is 355 Å². The first-order valence-electron chi connectivity index (χ1n) is 21.2. The molecule has 0 atom stereocenters. The van der Waals surface area contributed by atoms with E-state index in [0.717, 1.165) is 0 Å². The molecule has 280 valence electrons. The van der Waals surface area contributed by atoms with Crippen molar-refractivity contribution in [2.75, 3.05) is 0 Å². The summed E-state index contributed by atoms with van der Waals surface area (Å²) in [5.74, 6) is 0. The summed E-state index contributed by atoms with van der Waals surface area (Å²) in [5.41, 5.74) is 7.56. The van der Waals surface area contributed by atoms with E-state index in [1.807, 2.05) is 11.3 Å². The zero-order valence-corrected chi connectivity index (χ0v) is 33.9. The van der Waals surface area contributed by atoms with Crippen molar-refractivity contribution in [3.05, 3.63) is 206 Å². The minimum absolute atomic E-state index is 1.23. The highest BCUT2D eigenvalue weighted by atomic mass is 32.1. The van der Waals surface area contributed by atoms with Crippen LogP contribution in [0.15, 0.2) is 206 Å². The zero-order valence-electron chi connectivity index (χ0n) is 33.0. The molecule has 0 spiro atoms. The molecule has 0 bridgehead atoms. The molecular weight excluding hydrogens is 753 g/mol. The SMILES string of the molecule is c1cc(-c2c3ccccc3cc3ccccc23)cc(-c2ccc3ccc4c(-c5ccc6sc7cc8c9ccccc9c9ccccc9c8cc7c6c5)ccc5ccc2c3c54)c1. The van der Waals surface area contributed by atoms with Crippen LogP contribution >= 0.6 is 11.3 Å². The first kappa shape index (κ1) is 33.3. The standard InChI is InChI=1S/C60H34S/c1-3-14-44-38(10-1)30-39-11-2-4-15-45(39)58(44)41-13-9-12-37(31-41)42-25-20-35-23-28-51-43(26-21-36-22-27-50(42)59(35)60(36)51)40-24-29-56-54(32-40)55-33-52-48-18-7-5-16-46(48)47-17-6-8-19-49(47)53(52)34-57(55)61-56/h1-34H. The Hall–Kier alpha value is -7.58. The van der Waals surface area contributed by atoms with Crippen LogP contribution in [0.4, 0.5) is 0 Å². The van der Waals surface area contributed by atoms with E-state index in [-0.39, 0.29) is 0 Å². The van der Waals surface area contributed by atoms with Crippen LogP contribution < -0.4 is 0 Å². The van der Waals surface area contributed by atoms with Crippen molar-refractivity contribution in [2.45, 2.75) is 0 Å². The Morgan fingerprint density at radius 1 is 0.230 bits per heavy atom. The third-order valence-electron chi connectivity index (χ3n) is 13.5. The molecule has 0 aliphatic heterocycles. The van der Waals surface area contributed by atoms with Gasteiger partial charge in [-0.1, -0.05) is 170 Å². The molecule has 0 fully saturated rings. The Morgan fingerprint density at radius 2 is 0.721 bits per heavy atom. The van der Waals surface area contributed by atoms with Crippen LogP contribution in [-0.2, 0) is 0 Å². The van der Waals surface area contributed by atoms with Gasteiger partial charge in [-0.3, -0.25) is 0 Å². The van der Waals surface area contributed by atoms with Gasteiger partial charge in [0.05, 0.1) is 0 Å². The highest BCUT2D eigenvalue weighted by Gasteiger charge is 2.18. The first-order valence-corrected chi connectivity index (χ1v) is 22.0. The van der Waals surface area contributed by atoms with Gasteiger partial charge in [-0.15, -0.1) is 11.3 Å². The van der Waals surface area contributed by atoms with Crippen LogP contribution in [0.2, 0.25) is 0 Å². The second-order valence-electron chi connectivity index (χ2n) is 16.7. The van der Waals surface area contributed by atoms with Gasteiger partial charge < -0.3 is 0 Å². The molecule has 0 aliphatic rings. The summed E-state index contributed by atoms with van der Waals surface area (Å²) in [6.07, 6.45) is 0. The molecule has 0 saturated heterocycles. The lowest BCUT2D eigenvalue weighted by atomic mass is 9.86. The van der Waals surface area contributed by atoms with Crippen LogP contribution in [0.5, 0.6) is 0 Å². The average molecular weight is 787 g/mol. The van der Waals surface area contributed by atoms with Gasteiger partial charge in [-0.25, -0.2) is 0 Å². The minimum Gasteiger partial charge on any atom is -0.135 e. The summed E-state index contributed by atoms with van der Waals surface area (Å²) >= 11 is 1.90. The Kier molecular flexibility index (Phi) is 6.80. The summed E-state index contributed by atoms with van der Waals surface area (Å²) < 4.78 is 2.66. The topological polar surface area (TPSA) is 0 Å². The van der Waals surface area contributed by atoms with Crippen LogP contribution in [0.1, 0.15) is 0 Å². The summed E-state index contributed by atoms with van der Waals surface area (Å²) in [6, 6.07) is 77.6. The molecule has 0 aliphatic carbocycles. The lowest BCUT2D eigenvalue weighted by Crippen LogP contribution is -1.90. The first-order chi connectivity index (χ1) is 30.2. The monoisotopic (exact) mass is 786 g/mol. The number of hydrogen-bond donors (Lipinski definition) is 0. The second kappa shape index (κ2) is 12.5. The molecular formula is C60H34S. The summed E-state index contributed by atoms with van der Waals surface area (Å²) in [7, 11) is 0. The molecule has 0 amide bonds. The van der Waals surface area contributed by atoms with E-state index in [1.165, 1.54) is 140 Å². The lowest BCUT2D eigenvalue weighted by Gasteiger charge is -2.17. The van der Waals surface area contributed by atoms with Crippen LogP contribution in [0, 0.1) is 0 Å². The van der Waals surface area contributed by atoms with Crippen molar-refractivity contribution in [3.8, 4) is 33.4 Å². The normalized spacial score (nSPS) is 12.3. The van der Waals surface area contributed by atoms with E-state index in [4.69, 9.17) is 0 Å². The van der Waals surface area contributed by atoms with Crippen LogP contribution in [0.25, 0.3) is 140 Å². The molecule has 61 heavy (non-hydrogen) atoms. The van der Waals surface area contributed by atoms with Crippen molar-refractivity contribution in [2.24, 2.45) is 0 Å². The smallest absolute Gasteiger partial charge is 0.0362 e. The largest absolute Gasteiger partial charge is 0.135 e. The number of rotatable bonds is 3. The molecule has 0 nitrogen and oxygen atoms in total. The number of fused-ring (bicyclic) bond motifs is 11. The zero-order chi connectivity index (χ0) is 39.8. The van der Waals surface area contributed by atoms with Gasteiger partial charge in [0.15, 0.2) is 0 Å². The van der Waals surface area contributed by atoms with E-state index in [2.05, 4.69) is 206 Å². The number of thiophene rings is 1. The molecule has 13 aromatic carbocycles. The molecule has 0 N–H and O–H groups in total. The molecule has 1 aromatic heterocycles. The Morgan fingerprint density at radius 3 is 1.34 bits per heavy atom. The van der Waals surface area contributed by atoms with Gasteiger partial charge in [0.2, 0.25) is 0 Å². The maximum Gasteiger partial charge on any atom is 0.0362 e. The van der Waals surface area contributed by atoms with Gasteiger partial charge in [0.1, 0.15) is 0 Å². The Balaban J connectivity index is 0.953. The van der Waals surface area contributed by atoms with E-state index < -0.39 is 0 Å². The van der Waals surface area contributed by atoms with E-state index in [1.54, 1.807) is 0 Å². The highest BCUT2D eigenvalue weighted by Crippen LogP contribution is 2.46. The number of benzene rings is 13. The van der Waals surface area contributed by atoms with Crippen molar-refractivity contribution >= 4 is 118 Å². The predicted octanol–water partition coefficient (Wildman–Crippen LogP) is 17.7. The van der Waals surface area contributed by atoms with Crippen molar-refractivity contribution in [3.63, 3.8) is 0 Å². The Bertz CT molecular complexity index is 4110. The van der Waals surface area contributed by atoms with Gasteiger partial charge in [-0.05, 0) is 156 Å². The second-order valence-corrected chi connectivity index (χ2v) is 17.8. The molecule has 14 rings (SSSR count). The average Bonchev–Trinajstić information content (AvgIpc) is 3.68. The highest BCUT2D eigenvalue weighted by molar-refractivity contribution is 7.25. The molecule has 0 radical (unpaired) electrons. The van der Waals surface area contributed by atoms with Crippen LogP contribution in [0.3, 0.4) is 0 Å². The van der Waals surface area contributed by atoms with Gasteiger partial charge in [0, 0.05) is 20.2 Å². The maximum absolute atomic E-state index is 2.46. The van der Waals surface area contributed by atoms with E-state index in [0.29, 0.717) is 0 Å². The lowest BCUT2D eigenvalue weighted by molar-refractivity contribution is 1.64. The fourth-order valence-corrected chi connectivity index (χ4v) is 11.9. The van der Waals surface area contributed by atoms with E-state index in [9.17, 15) is 0 Å². The van der Waals surface area contributed by atoms with Crippen molar-refractivity contribution < 1.29 is 0 Å². The fraction of sp³-hybridized carbons (Fsp3) is 0. The van der Waals surface area contributed by atoms with Gasteiger partial charge >= 0.3 is 0 Å². The van der Waals surface area contributed by atoms with E-state index >= 15 is 0 Å². The van der Waals surface area contributed by atoms with Crippen molar-refractivity contribution in [1.82, 2.24) is 0 Å². The van der Waals surface area contributed by atoms with Crippen LogP contribution in [-0.4, -0.2) is 0 Å².